The molecule has 1 aliphatic heterocycles. The van der Waals surface area contributed by atoms with Crippen LogP contribution in [0.15, 0.2) is 59.9 Å². The van der Waals surface area contributed by atoms with Crippen molar-refractivity contribution in [3.63, 3.8) is 0 Å². The molecule has 0 saturated heterocycles. The highest BCUT2D eigenvalue weighted by atomic mass is 15.1. The number of rotatable bonds is 2. The highest BCUT2D eigenvalue weighted by Crippen LogP contribution is 2.19. The normalized spacial score (nSPS) is 25.4. The first-order valence-electron chi connectivity index (χ1n) is 6.90. The molecule has 1 aliphatic carbocycles. The second kappa shape index (κ2) is 7.83. The third-order valence-electron chi connectivity index (χ3n) is 3.64. The highest BCUT2D eigenvalue weighted by Gasteiger charge is 2.06. The molecule has 0 aromatic rings. The van der Waals surface area contributed by atoms with Gasteiger partial charge >= 0.3 is 0 Å². The van der Waals surface area contributed by atoms with Gasteiger partial charge in [-0.1, -0.05) is 56.9 Å². The van der Waals surface area contributed by atoms with Crippen LogP contribution in [0.1, 0.15) is 34.1 Å². The Morgan fingerprint density at radius 3 is 2.53 bits per heavy atom. The summed E-state index contributed by atoms with van der Waals surface area (Å²) in [5.41, 5.74) is 2.77. The van der Waals surface area contributed by atoms with E-state index in [2.05, 4.69) is 67.4 Å². The predicted molar refractivity (Wildman–Crippen MR) is 86.0 cm³/mol. The van der Waals surface area contributed by atoms with Gasteiger partial charge in [-0.25, -0.2) is 0 Å². The van der Waals surface area contributed by atoms with E-state index in [9.17, 15) is 0 Å². The van der Waals surface area contributed by atoms with Crippen molar-refractivity contribution in [2.75, 3.05) is 13.1 Å². The Bertz CT molecular complexity index is 411. The molecule has 1 heteroatoms. The van der Waals surface area contributed by atoms with Crippen LogP contribution in [0, 0.1) is 5.92 Å². The van der Waals surface area contributed by atoms with Crippen molar-refractivity contribution in [1.29, 1.82) is 0 Å². The molecule has 1 atom stereocenters. The topological polar surface area (TPSA) is 3.24 Å². The van der Waals surface area contributed by atoms with Crippen molar-refractivity contribution in [3.05, 3.63) is 59.9 Å². The van der Waals surface area contributed by atoms with E-state index in [4.69, 9.17) is 0 Å². The van der Waals surface area contributed by atoms with Crippen LogP contribution >= 0.6 is 0 Å². The van der Waals surface area contributed by atoms with E-state index in [0.717, 1.165) is 13.1 Å². The Morgan fingerprint density at radius 2 is 1.89 bits per heavy atom. The van der Waals surface area contributed by atoms with E-state index in [0.29, 0.717) is 5.92 Å². The SMILES string of the molecule is C.C/C(=C\C=C1\C=CC=CC1C)N1CCC=CCC1. The fraction of sp³-hybridized carbons (Fsp3) is 0.444. The van der Waals surface area contributed by atoms with Gasteiger partial charge in [-0.3, -0.25) is 0 Å². The summed E-state index contributed by atoms with van der Waals surface area (Å²) in [6.07, 6.45) is 20.1. The van der Waals surface area contributed by atoms with Crippen molar-refractivity contribution >= 4 is 0 Å². The van der Waals surface area contributed by atoms with Crippen LogP contribution in [-0.2, 0) is 0 Å². The molecule has 1 nitrogen and oxygen atoms in total. The van der Waals surface area contributed by atoms with Gasteiger partial charge in [-0.05, 0) is 37.3 Å². The Morgan fingerprint density at radius 1 is 1.21 bits per heavy atom. The number of hydrogen-bond donors (Lipinski definition) is 0. The average molecular weight is 257 g/mol. The van der Waals surface area contributed by atoms with Crippen molar-refractivity contribution in [1.82, 2.24) is 4.90 Å². The molecule has 1 unspecified atom stereocenters. The zero-order valence-electron chi connectivity index (χ0n) is 11.5. The maximum atomic E-state index is 2.48. The molecule has 19 heavy (non-hydrogen) atoms. The lowest BCUT2D eigenvalue weighted by atomic mass is 9.96. The fourth-order valence-electron chi connectivity index (χ4n) is 2.35. The molecule has 0 spiro atoms. The van der Waals surface area contributed by atoms with Crippen LogP contribution in [-0.4, -0.2) is 18.0 Å². The standard InChI is InChI=1S/C17H23N.CH4/c1-15-9-5-6-10-17(15)12-11-16(2)18-13-7-3-4-8-14-18;/h3-6,9-12,15H,7-8,13-14H2,1-2H3;1H4/b16-11+,17-12-;. The van der Waals surface area contributed by atoms with Crippen molar-refractivity contribution in [2.24, 2.45) is 5.92 Å². The van der Waals surface area contributed by atoms with Gasteiger partial charge < -0.3 is 4.90 Å². The van der Waals surface area contributed by atoms with E-state index in [1.165, 1.54) is 24.1 Å². The predicted octanol–water partition coefficient (Wildman–Crippen LogP) is 4.87. The summed E-state index contributed by atoms with van der Waals surface area (Å²) in [5, 5.41) is 0. The van der Waals surface area contributed by atoms with E-state index in [1.807, 2.05) is 0 Å². The lowest BCUT2D eigenvalue weighted by Gasteiger charge is -2.23. The van der Waals surface area contributed by atoms with Gasteiger partial charge in [0.15, 0.2) is 0 Å². The van der Waals surface area contributed by atoms with Crippen molar-refractivity contribution < 1.29 is 0 Å². The Labute approximate surface area is 118 Å². The monoisotopic (exact) mass is 257 g/mol. The van der Waals surface area contributed by atoms with Gasteiger partial charge in [0.2, 0.25) is 0 Å². The summed E-state index contributed by atoms with van der Waals surface area (Å²) in [6.45, 7) is 6.75. The molecule has 0 amide bonds. The smallest absolute Gasteiger partial charge is 0.0209 e. The van der Waals surface area contributed by atoms with E-state index in [-0.39, 0.29) is 7.43 Å². The highest BCUT2D eigenvalue weighted by molar-refractivity contribution is 5.35. The first-order chi connectivity index (χ1) is 8.77. The summed E-state index contributed by atoms with van der Waals surface area (Å²) in [6, 6.07) is 0. The lowest BCUT2D eigenvalue weighted by molar-refractivity contribution is 0.364. The first kappa shape index (κ1) is 15.6. The van der Waals surface area contributed by atoms with E-state index in [1.54, 1.807) is 0 Å². The number of allylic oxidation sites excluding steroid dienone is 8. The number of hydrogen-bond acceptors (Lipinski definition) is 1. The second-order valence-electron chi connectivity index (χ2n) is 5.04. The Hall–Kier alpha value is -1.50. The van der Waals surface area contributed by atoms with Gasteiger partial charge in [-0.2, -0.15) is 0 Å². The van der Waals surface area contributed by atoms with Crippen LogP contribution in [0.3, 0.4) is 0 Å². The quantitative estimate of drug-likeness (QED) is 0.638. The molecule has 0 fully saturated rings. The molecule has 0 saturated carbocycles. The molecule has 0 aromatic carbocycles. The minimum absolute atomic E-state index is 0. The minimum Gasteiger partial charge on any atom is -0.374 e. The van der Waals surface area contributed by atoms with Crippen LogP contribution < -0.4 is 0 Å². The van der Waals surface area contributed by atoms with Gasteiger partial charge in [0.1, 0.15) is 0 Å². The van der Waals surface area contributed by atoms with Crippen LogP contribution in [0.2, 0.25) is 0 Å². The summed E-state index contributed by atoms with van der Waals surface area (Å²) in [4.78, 5) is 2.48. The lowest BCUT2D eigenvalue weighted by Crippen LogP contribution is -2.22. The molecule has 104 valence electrons. The summed E-state index contributed by atoms with van der Waals surface area (Å²) >= 11 is 0. The zero-order valence-corrected chi connectivity index (χ0v) is 11.5. The molecule has 0 N–H and O–H groups in total. The van der Waals surface area contributed by atoms with Crippen molar-refractivity contribution in [2.45, 2.75) is 34.1 Å². The molecule has 0 radical (unpaired) electrons. The summed E-state index contributed by atoms with van der Waals surface area (Å²) in [5.74, 6) is 0.532. The molecule has 1 heterocycles. The summed E-state index contributed by atoms with van der Waals surface area (Å²) < 4.78 is 0. The minimum atomic E-state index is 0. The molecular weight excluding hydrogens is 230 g/mol. The molecule has 2 rings (SSSR count). The van der Waals surface area contributed by atoms with Crippen LogP contribution in [0.5, 0.6) is 0 Å². The van der Waals surface area contributed by atoms with Crippen LogP contribution in [0.25, 0.3) is 0 Å². The summed E-state index contributed by atoms with van der Waals surface area (Å²) in [7, 11) is 0. The molecule has 2 aliphatic rings. The molecular formula is C18H27N. The van der Waals surface area contributed by atoms with E-state index < -0.39 is 0 Å². The third-order valence-corrected chi connectivity index (χ3v) is 3.64. The van der Waals surface area contributed by atoms with Gasteiger partial charge in [-0.15, -0.1) is 0 Å². The van der Waals surface area contributed by atoms with E-state index >= 15 is 0 Å². The molecule has 0 bridgehead atoms. The zero-order chi connectivity index (χ0) is 12.8. The third kappa shape index (κ3) is 4.59. The second-order valence-corrected chi connectivity index (χ2v) is 5.04. The van der Waals surface area contributed by atoms with Crippen molar-refractivity contribution in [3.8, 4) is 0 Å². The van der Waals surface area contributed by atoms with Gasteiger partial charge in [0.25, 0.3) is 0 Å². The maximum Gasteiger partial charge on any atom is 0.0209 e. The largest absolute Gasteiger partial charge is 0.374 e. The van der Waals surface area contributed by atoms with Crippen LogP contribution in [0.4, 0.5) is 0 Å². The first-order valence-corrected chi connectivity index (χ1v) is 6.90. The fourth-order valence-corrected chi connectivity index (χ4v) is 2.35. The Kier molecular flexibility index (Phi) is 6.41. The molecule has 0 aromatic heterocycles. The average Bonchev–Trinajstić information content (AvgIpc) is 2.66. The maximum absolute atomic E-state index is 2.48. The van der Waals surface area contributed by atoms with Gasteiger partial charge in [0, 0.05) is 18.8 Å². The number of nitrogens with zero attached hydrogens (tertiary/aromatic N) is 1. The van der Waals surface area contributed by atoms with Gasteiger partial charge in [0.05, 0.1) is 0 Å². The Balaban J connectivity index is 0.00000180.